The Morgan fingerprint density at radius 1 is 1.43 bits per heavy atom. The molecule has 5 heteroatoms. The van der Waals surface area contributed by atoms with Crippen molar-refractivity contribution in [3.8, 4) is 11.5 Å². The lowest BCUT2D eigenvalue weighted by atomic mass is 9.94. The highest BCUT2D eigenvalue weighted by Crippen LogP contribution is 2.26. The third-order valence-electron chi connectivity index (χ3n) is 4.10. The summed E-state index contributed by atoms with van der Waals surface area (Å²) in [6.07, 6.45) is 3.41. The van der Waals surface area contributed by atoms with Crippen LogP contribution in [0.2, 0.25) is 0 Å². The third-order valence-corrected chi connectivity index (χ3v) is 4.10. The van der Waals surface area contributed by atoms with Gasteiger partial charge in [0.15, 0.2) is 11.5 Å². The van der Waals surface area contributed by atoms with E-state index in [4.69, 9.17) is 4.74 Å². The molecule has 0 aromatic heterocycles. The molecule has 21 heavy (non-hydrogen) atoms. The molecule has 0 aliphatic carbocycles. The highest BCUT2D eigenvalue weighted by Gasteiger charge is 2.17. The van der Waals surface area contributed by atoms with E-state index in [9.17, 15) is 9.90 Å². The van der Waals surface area contributed by atoms with Gasteiger partial charge in [0.2, 0.25) is 0 Å². The number of carbonyl (C=O) groups excluding carboxylic acids is 1. The molecule has 0 unspecified atom stereocenters. The van der Waals surface area contributed by atoms with Crippen molar-refractivity contribution in [2.24, 2.45) is 5.92 Å². The molecule has 2 N–H and O–H groups in total. The molecular weight excluding hydrogens is 268 g/mol. The van der Waals surface area contributed by atoms with Crippen molar-refractivity contribution >= 4 is 5.91 Å². The molecule has 2 rings (SSSR count). The van der Waals surface area contributed by atoms with Crippen LogP contribution in [0.3, 0.4) is 0 Å². The fraction of sp³-hybridized carbons (Fsp3) is 0.562. The molecule has 1 aliphatic rings. The Morgan fingerprint density at radius 2 is 2.14 bits per heavy atom. The normalized spacial score (nSPS) is 15.7. The summed E-state index contributed by atoms with van der Waals surface area (Å²) in [7, 11) is 3.30. The van der Waals surface area contributed by atoms with Crippen LogP contribution >= 0.6 is 0 Å². The van der Waals surface area contributed by atoms with E-state index in [2.05, 4.69) is 5.32 Å². The second kappa shape index (κ2) is 7.31. The standard InChI is InChI=1S/C16H24N2O3/c1-18(10-7-12-5-8-17-9-6-12)16(20)13-3-4-15(21-2)14(19)11-13/h3-4,11-12,17,19H,5-10H2,1-2H3. The second-order valence-electron chi connectivity index (χ2n) is 5.60. The lowest BCUT2D eigenvalue weighted by Gasteiger charge is -2.25. The van der Waals surface area contributed by atoms with Gasteiger partial charge in [-0.1, -0.05) is 0 Å². The fourth-order valence-electron chi connectivity index (χ4n) is 2.69. The zero-order valence-corrected chi connectivity index (χ0v) is 12.8. The highest BCUT2D eigenvalue weighted by molar-refractivity contribution is 5.94. The summed E-state index contributed by atoms with van der Waals surface area (Å²) in [6.45, 7) is 2.90. The van der Waals surface area contributed by atoms with Gasteiger partial charge in [-0.05, 0) is 56.5 Å². The van der Waals surface area contributed by atoms with Crippen LogP contribution in [0, 0.1) is 5.92 Å². The van der Waals surface area contributed by atoms with Crippen molar-refractivity contribution in [2.75, 3.05) is 33.8 Å². The molecule has 0 saturated carbocycles. The van der Waals surface area contributed by atoms with Gasteiger partial charge in [-0.15, -0.1) is 0 Å². The molecule has 1 aliphatic heterocycles. The Kier molecular flexibility index (Phi) is 5.44. The van der Waals surface area contributed by atoms with Crippen LogP contribution in [0.25, 0.3) is 0 Å². The molecule has 0 radical (unpaired) electrons. The summed E-state index contributed by atoms with van der Waals surface area (Å²) in [5.74, 6) is 1.01. The van der Waals surface area contributed by atoms with Gasteiger partial charge in [0.05, 0.1) is 7.11 Å². The first-order valence-electron chi connectivity index (χ1n) is 7.45. The predicted molar refractivity (Wildman–Crippen MR) is 81.8 cm³/mol. The maximum atomic E-state index is 12.3. The molecule has 0 spiro atoms. The summed E-state index contributed by atoms with van der Waals surface area (Å²) in [5, 5.41) is 13.1. The van der Waals surface area contributed by atoms with Crippen molar-refractivity contribution in [2.45, 2.75) is 19.3 Å². The number of methoxy groups -OCH3 is 1. The number of piperidine rings is 1. The van der Waals surface area contributed by atoms with E-state index in [1.54, 1.807) is 17.0 Å². The van der Waals surface area contributed by atoms with Gasteiger partial charge in [-0.25, -0.2) is 0 Å². The number of aromatic hydroxyl groups is 1. The fourth-order valence-corrected chi connectivity index (χ4v) is 2.69. The van der Waals surface area contributed by atoms with E-state index < -0.39 is 0 Å². The summed E-state index contributed by atoms with van der Waals surface area (Å²) in [4.78, 5) is 14.1. The average molecular weight is 292 g/mol. The Balaban J connectivity index is 1.90. The Bertz CT molecular complexity index is 484. The van der Waals surface area contributed by atoms with Crippen molar-refractivity contribution in [3.63, 3.8) is 0 Å². The van der Waals surface area contributed by atoms with Crippen LogP contribution in [0.1, 0.15) is 29.6 Å². The van der Waals surface area contributed by atoms with Crippen LogP contribution in [-0.2, 0) is 0 Å². The van der Waals surface area contributed by atoms with Crippen molar-refractivity contribution in [3.05, 3.63) is 23.8 Å². The smallest absolute Gasteiger partial charge is 0.253 e. The van der Waals surface area contributed by atoms with Crippen LogP contribution in [0.4, 0.5) is 0 Å². The Labute approximate surface area is 125 Å². The number of phenols is 1. The number of hydrogen-bond donors (Lipinski definition) is 2. The summed E-state index contributed by atoms with van der Waals surface area (Å²) in [5.41, 5.74) is 0.487. The molecule has 0 bridgehead atoms. The minimum atomic E-state index is -0.0677. The van der Waals surface area contributed by atoms with Gasteiger partial charge in [-0.3, -0.25) is 4.79 Å². The van der Waals surface area contributed by atoms with Crippen molar-refractivity contribution in [1.29, 1.82) is 0 Å². The molecule has 0 atom stereocenters. The zero-order valence-electron chi connectivity index (χ0n) is 12.8. The first-order valence-corrected chi connectivity index (χ1v) is 7.45. The quantitative estimate of drug-likeness (QED) is 0.869. The number of carbonyl (C=O) groups is 1. The van der Waals surface area contributed by atoms with Gasteiger partial charge in [0.25, 0.3) is 5.91 Å². The van der Waals surface area contributed by atoms with E-state index in [1.165, 1.54) is 26.0 Å². The van der Waals surface area contributed by atoms with Gasteiger partial charge in [0.1, 0.15) is 0 Å². The predicted octanol–water partition coefficient (Wildman–Crippen LogP) is 1.86. The number of nitrogens with one attached hydrogen (secondary N) is 1. The van der Waals surface area contributed by atoms with Crippen molar-refractivity contribution in [1.82, 2.24) is 10.2 Å². The molecule has 1 aromatic carbocycles. The van der Waals surface area contributed by atoms with E-state index >= 15 is 0 Å². The van der Waals surface area contributed by atoms with E-state index in [-0.39, 0.29) is 11.7 Å². The highest BCUT2D eigenvalue weighted by atomic mass is 16.5. The minimum Gasteiger partial charge on any atom is -0.504 e. The largest absolute Gasteiger partial charge is 0.504 e. The SMILES string of the molecule is COc1ccc(C(=O)N(C)CCC2CCNCC2)cc1O. The lowest BCUT2D eigenvalue weighted by Crippen LogP contribution is -2.32. The first-order chi connectivity index (χ1) is 10.1. The van der Waals surface area contributed by atoms with Gasteiger partial charge in [0, 0.05) is 19.2 Å². The number of hydrogen-bond acceptors (Lipinski definition) is 4. The maximum Gasteiger partial charge on any atom is 0.253 e. The molecule has 1 amide bonds. The molecule has 1 aromatic rings. The number of ether oxygens (including phenoxy) is 1. The maximum absolute atomic E-state index is 12.3. The van der Waals surface area contributed by atoms with E-state index in [0.717, 1.165) is 26.1 Å². The molecule has 1 saturated heterocycles. The molecular formula is C16H24N2O3. The van der Waals surface area contributed by atoms with Gasteiger partial charge >= 0.3 is 0 Å². The lowest BCUT2D eigenvalue weighted by molar-refractivity contribution is 0.0784. The van der Waals surface area contributed by atoms with Crippen LogP contribution < -0.4 is 10.1 Å². The molecule has 1 heterocycles. The summed E-state index contributed by atoms with van der Waals surface area (Å²) in [6, 6.07) is 4.76. The van der Waals surface area contributed by atoms with Crippen LogP contribution in [0.5, 0.6) is 11.5 Å². The van der Waals surface area contributed by atoms with Crippen LogP contribution in [0.15, 0.2) is 18.2 Å². The van der Waals surface area contributed by atoms with Crippen molar-refractivity contribution < 1.29 is 14.6 Å². The van der Waals surface area contributed by atoms with E-state index in [0.29, 0.717) is 17.2 Å². The average Bonchev–Trinajstić information content (AvgIpc) is 2.52. The monoisotopic (exact) mass is 292 g/mol. The summed E-state index contributed by atoms with van der Waals surface area (Å²) < 4.78 is 4.99. The van der Waals surface area contributed by atoms with Gasteiger partial charge < -0.3 is 20.1 Å². The topological polar surface area (TPSA) is 61.8 Å². The van der Waals surface area contributed by atoms with Crippen LogP contribution in [-0.4, -0.2) is 49.7 Å². The van der Waals surface area contributed by atoms with Gasteiger partial charge in [-0.2, -0.15) is 0 Å². The first kappa shape index (κ1) is 15.6. The number of nitrogens with zero attached hydrogens (tertiary/aromatic N) is 1. The zero-order chi connectivity index (χ0) is 15.2. The second-order valence-corrected chi connectivity index (χ2v) is 5.60. The van der Waals surface area contributed by atoms with E-state index in [1.807, 2.05) is 7.05 Å². The number of amides is 1. The summed E-state index contributed by atoms with van der Waals surface area (Å²) >= 11 is 0. The molecule has 1 fully saturated rings. The Hall–Kier alpha value is -1.75. The minimum absolute atomic E-state index is 0.00453. The number of phenolic OH excluding ortho intramolecular Hbond substituents is 1. The third kappa shape index (κ3) is 4.11. The number of rotatable bonds is 5. The molecule has 116 valence electrons. The molecule has 5 nitrogen and oxygen atoms in total. The number of benzene rings is 1. The Morgan fingerprint density at radius 3 is 2.76 bits per heavy atom.